The van der Waals surface area contributed by atoms with Crippen molar-refractivity contribution in [3.05, 3.63) is 39.2 Å². The molecule has 0 saturated heterocycles. The van der Waals surface area contributed by atoms with E-state index >= 15 is 0 Å². The van der Waals surface area contributed by atoms with Crippen LogP contribution in [0.4, 0.5) is 0 Å². The predicted molar refractivity (Wildman–Crippen MR) is 70.7 cm³/mol. The molecule has 0 fully saturated rings. The predicted octanol–water partition coefficient (Wildman–Crippen LogP) is 2.04. The molecule has 1 aromatic rings. The highest BCUT2D eigenvalue weighted by Crippen LogP contribution is 2.09. The topological polar surface area (TPSA) is 71.6 Å². The number of aliphatic imine (C=N–C) groups is 1. The molecule has 0 aliphatic heterocycles. The Bertz CT molecular complexity index is 436. The molecule has 6 nitrogen and oxygen atoms in total. The molecular weight excluding hydrogens is 279 g/mol. The van der Waals surface area contributed by atoms with Crippen LogP contribution in [0.15, 0.2) is 23.3 Å². The van der Waals surface area contributed by atoms with Crippen LogP contribution in [0.25, 0.3) is 0 Å². The summed E-state index contributed by atoms with van der Waals surface area (Å²) < 4.78 is 0. The summed E-state index contributed by atoms with van der Waals surface area (Å²) in [6, 6.07) is 3.55. The van der Waals surface area contributed by atoms with Crippen molar-refractivity contribution in [1.82, 2.24) is 9.88 Å². The van der Waals surface area contributed by atoms with Gasteiger partial charge in [-0.3, -0.25) is 15.1 Å². The van der Waals surface area contributed by atoms with Gasteiger partial charge in [0.05, 0.1) is 6.00 Å². The van der Waals surface area contributed by atoms with Gasteiger partial charge in [-0.1, -0.05) is 17.7 Å². The van der Waals surface area contributed by atoms with E-state index in [1.54, 1.807) is 23.2 Å². The van der Waals surface area contributed by atoms with Crippen molar-refractivity contribution >= 4 is 29.0 Å². The second-order valence-electron chi connectivity index (χ2n) is 3.44. The van der Waals surface area contributed by atoms with Gasteiger partial charge in [-0.05, 0) is 11.6 Å². The van der Waals surface area contributed by atoms with Gasteiger partial charge in [0.1, 0.15) is 5.15 Å². The van der Waals surface area contributed by atoms with Gasteiger partial charge >= 0.3 is 0 Å². The van der Waals surface area contributed by atoms with Gasteiger partial charge in [-0.2, -0.15) is 0 Å². The average Bonchev–Trinajstić information content (AvgIpc) is 2.35. The SMILES string of the molecule is CN=C(C[N+](=O)[O-])N(CCl)Cc1ccc(Cl)nc1. The molecule has 1 heterocycles. The second-order valence-corrected chi connectivity index (χ2v) is 4.06. The number of amidine groups is 1. The van der Waals surface area contributed by atoms with Gasteiger partial charge in [-0.15, -0.1) is 11.6 Å². The molecule has 1 rings (SSSR count). The smallest absolute Gasteiger partial charge is 0.260 e. The molecule has 0 atom stereocenters. The summed E-state index contributed by atoms with van der Waals surface area (Å²) >= 11 is 11.5. The van der Waals surface area contributed by atoms with Gasteiger partial charge in [0.25, 0.3) is 6.54 Å². The summed E-state index contributed by atoms with van der Waals surface area (Å²) in [5, 5.41) is 10.9. The van der Waals surface area contributed by atoms with E-state index in [-0.39, 0.29) is 12.5 Å². The molecule has 0 saturated carbocycles. The molecule has 0 aliphatic rings. The third-order valence-corrected chi connectivity index (χ3v) is 2.71. The van der Waals surface area contributed by atoms with Gasteiger partial charge in [-0.25, -0.2) is 4.98 Å². The van der Waals surface area contributed by atoms with Crippen molar-refractivity contribution in [3.63, 3.8) is 0 Å². The van der Waals surface area contributed by atoms with Crippen molar-refractivity contribution in [2.24, 2.45) is 4.99 Å². The largest absolute Gasteiger partial charge is 0.337 e. The lowest BCUT2D eigenvalue weighted by molar-refractivity contribution is -0.464. The molecular formula is C10H12Cl2N4O2. The van der Waals surface area contributed by atoms with E-state index in [1.165, 1.54) is 7.05 Å². The highest BCUT2D eigenvalue weighted by atomic mass is 35.5. The maximum atomic E-state index is 10.5. The molecule has 0 aliphatic carbocycles. The minimum atomic E-state index is -0.442. The van der Waals surface area contributed by atoms with E-state index in [2.05, 4.69) is 9.98 Å². The molecule has 0 aromatic carbocycles. The van der Waals surface area contributed by atoms with Gasteiger partial charge in [0.15, 0.2) is 5.84 Å². The summed E-state index contributed by atoms with van der Waals surface area (Å²) in [5.41, 5.74) is 0.851. The summed E-state index contributed by atoms with van der Waals surface area (Å²) in [4.78, 5) is 19.5. The molecule has 0 amide bonds. The first-order chi connectivity index (χ1) is 8.56. The van der Waals surface area contributed by atoms with E-state index in [4.69, 9.17) is 23.2 Å². The normalized spacial score (nSPS) is 11.4. The molecule has 98 valence electrons. The molecule has 18 heavy (non-hydrogen) atoms. The number of aromatic nitrogens is 1. The minimum Gasteiger partial charge on any atom is -0.337 e. The van der Waals surface area contributed by atoms with Gasteiger partial charge in [0.2, 0.25) is 0 Å². The van der Waals surface area contributed by atoms with Crippen LogP contribution in [0.3, 0.4) is 0 Å². The highest BCUT2D eigenvalue weighted by Gasteiger charge is 2.15. The van der Waals surface area contributed by atoms with Crippen LogP contribution in [0, 0.1) is 10.1 Å². The zero-order chi connectivity index (χ0) is 13.5. The zero-order valence-electron chi connectivity index (χ0n) is 9.71. The Morgan fingerprint density at radius 3 is 2.78 bits per heavy atom. The Balaban J connectivity index is 2.77. The molecule has 8 heteroatoms. The first-order valence-electron chi connectivity index (χ1n) is 5.05. The number of hydrogen-bond acceptors (Lipinski definition) is 4. The Morgan fingerprint density at radius 2 is 2.33 bits per heavy atom. The van der Waals surface area contributed by atoms with Crippen LogP contribution >= 0.6 is 23.2 Å². The third-order valence-electron chi connectivity index (χ3n) is 2.20. The Labute approximate surface area is 114 Å². The lowest BCUT2D eigenvalue weighted by Crippen LogP contribution is -2.34. The Morgan fingerprint density at radius 1 is 1.61 bits per heavy atom. The number of nitro groups is 1. The van der Waals surface area contributed by atoms with Crippen molar-refractivity contribution in [3.8, 4) is 0 Å². The molecule has 0 spiro atoms. The number of hydrogen-bond donors (Lipinski definition) is 0. The summed E-state index contributed by atoms with van der Waals surface area (Å²) in [7, 11) is 1.50. The van der Waals surface area contributed by atoms with Gasteiger partial charge in [0, 0.05) is 24.7 Å². The molecule has 0 unspecified atom stereocenters. The van der Waals surface area contributed by atoms with E-state index < -0.39 is 4.92 Å². The fourth-order valence-corrected chi connectivity index (χ4v) is 1.68. The van der Waals surface area contributed by atoms with E-state index in [0.29, 0.717) is 17.5 Å². The number of rotatable bonds is 5. The standard InChI is InChI=1S/C10H12Cl2N4O2/c1-13-10(6-16(17)18)15(7-11)5-8-2-3-9(12)14-4-8/h2-4H,5-7H2,1H3. The zero-order valence-corrected chi connectivity index (χ0v) is 11.2. The Hall–Kier alpha value is -1.40. The van der Waals surface area contributed by atoms with E-state index in [9.17, 15) is 10.1 Å². The number of halogens is 2. The first kappa shape index (κ1) is 14.7. The fraction of sp³-hybridized carbons (Fsp3) is 0.400. The molecule has 1 aromatic heterocycles. The Kier molecular flexibility index (Phi) is 5.80. The summed E-state index contributed by atoms with van der Waals surface area (Å²) in [6.45, 7) is 0.0401. The number of pyridine rings is 1. The fourth-order valence-electron chi connectivity index (χ4n) is 1.35. The number of nitrogens with zero attached hydrogens (tertiary/aromatic N) is 4. The minimum absolute atomic E-state index is 0.114. The van der Waals surface area contributed by atoms with E-state index in [1.807, 2.05) is 0 Å². The lowest BCUT2D eigenvalue weighted by Gasteiger charge is -2.21. The molecule has 0 bridgehead atoms. The van der Waals surface area contributed by atoms with Crippen molar-refractivity contribution < 1.29 is 4.92 Å². The maximum absolute atomic E-state index is 10.5. The van der Waals surface area contributed by atoms with Crippen LogP contribution in [-0.2, 0) is 6.54 Å². The average molecular weight is 291 g/mol. The third kappa shape index (κ3) is 4.46. The summed E-state index contributed by atoms with van der Waals surface area (Å²) in [5.74, 6) is 0.324. The summed E-state index contributed by atoms with van der Waals surface area (Å²) in [6.07, 6.45) is 1.60. The van der Waals surface area contributed by atoms with Crippen LogP contribution in [0.5, 0.6) is 0 Å². The van der Waals surface area contributed by atoms with Crippen LogP contribution in [-0.4, -0.2) is 40.2 Å². The van der Waals surface area contributed by atoms with Crippen LogP contribution < -0.4 is 0 Å². The van der Waals surface area contributed by atoms with Crippen molar-refractivity contribution in [2.45, 2.75) is 6.54 Å². The first-order valence-corrected chi connectivity index (χ1v) is 5.97. The maximum Gasteiger partial charge on any atom is 0.260 e. The number of alkyl halides is 1. The quantitative estimate of drug-likeness (QED) is 0.158. The second kappa shape index (κ2) is 7.13. The lowest BCUT2D eigenvalue weighted by atomic mass is 10.2. The van der Waals surface area contributed by atoms with Crippen molar-refractivity contribution in [1.29, 1.82) is 0 Å². The van der Waals surface area contributed by atoms with E-state index in [0.717, 1.165) is 5.56 Å². The van der Waals surface area contributed by atoms with Crippen LogP contribution in [0.2, 0.25) is 5.15 Å². The highest BCUT2D eigenvalue weighted by molar-refractivity contribution is 6.29. The van der Waals surface area contributed by atoms with Gasteiger partial charge < -0.3 is 4.90 Å². The monoisotopic (exact) mass is 290 g/mol. The van der Waals surface area contributed by atoms with Crippen molar-refractivity contribution in [2.75, 3.05) is 19.6 Å². The van der Waals surface area contributed by atoms with Crippen LogP contribution in [0.1, 0.15) is 5.56 Å². The molecule has 0 N–H and O–H groups in total. The molecule has 0 radical (unpaired) electrons.